The maximum Gasteiger partial charge on any atom is 0.203 e. The van der Waals surface area contributed by atoms with Gasteiger partial charge in [-0.05, 0) is 25.0 Å². The van der Waals surface area contributed by atoms with Gasteiger partial charge in [-0.2, -0.15) is 0 Å². The zero-order valence-electron chi connectivity index (χ0n) is 18.1. The van der Waals surface area contributed by atoms with Crippen LogP contribution < -0.4 is 24.8 Å². The molecule has 1 fully saturated rings. The number of aliphatic imine (C=N–C) groups is 1. The predicted octanol–water partition coefficient (Wildman–Crippen LogP) is 3.73. The molecule has 1 aromatic carbocycles. The number of hydrogen-bond acceptors (Lipinski definition) is 5. The molecule has 29 heavy (non-hydrogen) atoms. The van der Waals surface area contributed by atoms with Crippen molar-refractivity contribution in [2.75, 3.05) is 41.5 Å². The van der Waals surface area contributed by atoms with E-state index >= 15 is 0 Å². The van der Waals surface area contributed by atoms with Crippen LogP contribution in [0.3, 0.4) is 0 Å². The molecule has 0 spiro atoms. The number of hydrogen-bond donors (Lipinski definition) is 2. The Kier molecular flexibility index (Phi) is 12.8. The van der Waals surface area contributed by atoms with Gasteiger partial charge in [0.2, 0.25) is 5.75 Å². The molecular weight excluding hydrogens is 485 g/mol. The van der Waals surface area contributed by atoms with Gasteiger partial charge in [-0.1, -0.05) is 25.7 Å². The molecule has 0 aliphatic heterocycles. The number of ether oxygens (including phenoxy) is 4. The molecule has 1 aromatic rings. The highest BCUT2D eigenvalue weighted by Crippen LogP contribution is 2.39. The van der Waals surface area contributed by atoms with Crippen LogP contribution in [0.1, 0.15) is 44.1 Å². The van der Waals surface area contributed by atoms with E-state index in [4.69, 9.17) is 18.9 Å². The Labute approximate surface area is 191 Å². The second kappa shape index (κ2) is 14.5. The molecule has 7 nitrogen and oxygen atoms in total. The summed E-state index contributed by atoms with van der Waals surface area (Å²) in [6.07, 6.45) is 8.04. The van der Waals surface area contributed by atoms with E-state index in [1.54, 1.807) is 28.4 Å². The molecule has 0 radical (unpaired) electrons. The summed E-state index contributed by atoms with van der Waals surface area (Å²) in [5, 5.41) is 6.61. The third-order valence-corrected chi connectivity index (χ3v) is 5.01. The van der Waals surface area contributed by atoms with E-state index in [1.165, 1.54) is 38.5 Å². The van der Waals surface area contributed by atoms with Crippen LogP contribution in [0.15, 0.2) is 17.1 Å². The first-order valence-corrected chi connectivity index (χ1v) is 10.1. The molecule has 0 aromatic heterocycles. The Morgan fingerprint density at radius 1 is 0.966 bits per heavy atom. The monoisotopic (exact) mass is 521 g/mol. The summed E-state index contributed by atoms with van der Waals surface area (Å²) in [5.74, 6) is 2.60. The topological polar surface area (TPSA) is 73.3 Å². The van der Waals surface area contributed by atoms with Crippen molar-refractivity contribution in [2.24, 2.45) is 4.99 Å². The largest absolute Gasteiger partial charge is 0.493 e. The summed E-state index contributed by atoms with van der Waals surface area (Å²) in [7, 11) is 6.59. The molecule has 0 heterocycles. The third-order valence-electron chi connectivity index (χ3n) is 5.01. The lowest BCUT2D eigenvalue weighted by atomic mass is 10.1. The van der Waals surface area contributed by atoms with Crippen LogP contribution in [0.5, 0.6) is 17.2 Å². The molecule has 0 unspecified atom stereocenters. The van der Waals surface area contributed by atoms with E-state index in [1.807, 2.05) is 12.1 Å². The van der Waals surface area contributed by atoms with Crippen LogP contribution in [-0.4, -0.2) is 53.6 Å². The van der Waals surface area contributed by atoms with Gasteiger partial charge in [0, 0.05) is 25.7 Å². The first-order valence-electron chi connectivity index (χ1n) is 10.1. The molecule has 166 valence electrons. The number of rotatable bonds is 9. The summed E-state index contributed by atoms with van der Waals surface area (Å²) >= 11 is 0. The fourth-order valence-electron chi connectivity index (χ4n) is 3.51. The van der Waals surface area contributed by atoms with Crippen LogP contribution in [0.2, 0.25) is 0 Å². The van der Waals surface area contributed by atoms with Crippen molar-refractivity contribution < 1.29 is 18.9 Å². The zero-order valence-corrected chi connectivity index (χ0v) is 20.4. The lowest BCUT2D eigenvalue weighted by molar-refractivity contribution is 0.0468. The van der Waals surface area contributed by atoms with Crippen molar-refractivity contribution in [1.29, 1.82) is 0 Å². The molecule has 0 bridgehead atoms. The Morgan fingerprint density at radius 2 is 1.66 bits per heavy atom. The second-order valence-electron chi connectivity index (χ2n) is 6.83. The lowest BCUT2D eigenvalue weighted by Crippen LogP contribution is -2.39. The third kappa shape index (κ3) is 8.08. The van der Waals surface area contributed by atoms with E-state index < -0.39 is 0 Å². The summed E-state index contributed by atoms with van der Waals surface area (Å²) < 4.78 is 22.3. The van der Waals surface area contributed by atoms with Crippen molar-refractivity contribution >= 4 is 29.9 Å². The normalized spacial score (nSPS) is 15.1. The zero-order chi connectivity index (χ0) is 20.2. The van der Waals surface area contributed by atoms with Crippen molar-refractivity contribution in [3.05, 3.63) is 17.7 Å². The van der Waals surface area contributed by atoms with Crippen molar-refractivity contribution in [3.63, 3.8) is 0 Å². The van der Waals surface area contributed by atoms with E-state index in [9.17, 15) is 0 Å². The quantitative estimate of drug-likeness (QED) is 0.170. The lowest BCUT2D eigenvalue weighted by Gasteiger charge is -2.18. The molecule has 1 aliphatic rings. The van der Waals surface area contributed by atoms with Gasteiger partial charge >= 0.3 is 0 Å². The van der Waals surface area contributed by atoms with Gasteiger partial charge in [0.05, 0.1) is 34.0 Å². The van der Waals surface area contributed by atoms with Gasteiger partial charge in [0.1, 0.15) is 0 Å². The van der Waals surface area contributed by atoms with Gasteiger partial charge in [-0.25, -0.2) is 0 Å². The highest BCUT2D eigenvalue weighted by atomic mass is 127. The number of guanidine groups is 1. The van der Waals surface area contributed by atoms with Gasteiger partial charge in [0.25, 0.3) is 0 Å². The van der Waals surface area contributed by atoms with E-state index in [0.717, 1.165) is 18.1 Å². The standard InChI is InChI=1S/C21H35N3O4.HI/c1-22-21(23-13-14-28-17-9-7-5-6-8-10-17)24-15-16-11-12-18(25-2)20(27-4)19(16)26-3;/h11-12,17H,5-10,13-15H2,1-4H3,(H2,22,23,24);1H. The minimum Gasteiger partial charge on any atom is -0.493 e. The molecule has 8 heteroatoms. The van der Waals surface area contributed by atoms with Crippen LogP contribution in [0.25, 0.3) is 0 Å². The van der Waals surface area contributed by atoms with Gasteiger partial charge < -0.3 is 29.6 Å². The summed E-state index contributed by atoms with van der Waals surface area (Å²) in [6, 6.07) is 3.82. The molecule has 1 aliphatic carbocycles. The smallest absolute Gasteiger partial charge is 0.203 e. The molecule has 2 rings (SSSR count). The molecule has 0 amide bonds. The molecule has 1 saturated carbocycles. The van der Waals surface area contributed by atoms with Gasteiger partial charge in [-0.3, -0.25) is 4.99 Å². The molecular formula is C21H36IN3O4. The van der Waals surface area contributed by atoms with Crippen molar-refractivity contribution in [2.45, 2.75) is 51.2 Å². The Balaban J connectivity index is 0.00000420. The van der Waals surface area contributed by atoms with Gasteiger partial charge in [-0.15, -0.1) is 24.0 Å². The van der Waals surface area contributed by atoms with Crippen LogP contribution in [0.4, 0.5) is 0 Å². The second-order valence-corrected chi connectivity index (χ2v) is 6.83. The predicted molar refractivity (Wildman–Crippen MR) is 127 cm³/mol. The minimum absolute atomic E-state index is 0. The average Bonchev–Trinajstić information content (AvgIpc) is 3.01. The summed E-state index contributed by atoms with van der Waals surface area (Å²) in [5.41, 5.74) is 0.956. The van der Waals surface area contributed by atoms with Gasteiger partial charge in [0.15, 0.2) is 17.5 Å². The first-order chi connectivity index (χ1) is 13.7. The summed E-state index contributed by atoms with van der Waals surface area (Å²) in [6.45, 7) is 1.96. The van der Waals surface area contributed by atoms with Crippen molar-refractivity contribution in [1.82, 2.24) is 10.6 Å². The van der Waals surface area contributed by atoms with Crippen molar-refractivity contribution in [3.8, 4) is 17.2 Å². The number of halogens is 1. The maximum atomic E-state index is 6.02. The van der Waals surface area contributed by atoms with Crippen LogP contribution >= 0.6 is 24.0 Å². The Bertz CT molecular complexity index is 620. The first kappa shape index (κ1) is 25.6. The number of benzene rings is 1. The average molecular weight is 521 g/mol. The minimum atomic E-state index is 0. The Morgan fingerprint density at radius 3 is 2.24 bits per heavy atom. The molecule has 2 N–H and O–H groups in total. The van der Waals surface area contributed by atoms with Crippen LogP contribution in [-0.2, 0) is 11.3 Å². The molecule has 0 saturated heterocycles. The highest BCUT2D eigenvalue weighted by molar-refractivity contribution is 14.0. The van der Waals surface area contributed by atoms with E-state index in [-0.39, 0.29) is 24.0 Å². The number of nitrogens with one attached hydrogen (secondary N) is 2. The fraction of sp³-hybridized carbons (Fsp3) is 0.667. The summed E-state index contributed by atoms with van der Waals surface area (Å²) in [4.78, 5) is 4.28. The SMILES string of the molecule is CN=C(NCCOC1CCCCCC1)NCc1ccc(OC)c(OC)c1OC.I. The van der Waals surface area contributed by atoms with E-state index in [2.05, 4.69) is 15.6 Å². The molecule has 0 atom stereocenters. The highest BCUT2D eigenvalue weighted by Gasteiger charge is 2.16. The maximum absolute atomic E-state index is 6.02. The number of methoxy groups -OCH3 is 3. The van der Waals surface area contributed by atoms with E-state index in [0.29, 0.717) is 36.5 Å². The Hall–Kier alpha value is -1.42. The van der Waals surface area contributed by atoms with Crippen LogP contribution in [0, 0.1) is 0 Å². The number of nitrogens with zero attached hydrogens (tertiary/aromatic N) is 1. The fourth-order valence-corrected chi connectivity index (χ4v) is 3.51.